The lowest BCUT2D eigenvalue weighted by atomic mass is 10.1. The third kappa shape index (κ3) is 3.99. The molecule has 2 rings (SSSR count). The van der Waals surface area contributed by atoms with Gasteiger partial charge in [0.25, 0.3) is 0 Å². The Kier molecular flexibility index (Phi) is 4.82. The lowest BCUT2D eigenvalue weighted by molar-refractivity contribution is -0.120. The van der Waals surface area contributed by atoms with Gasteiger partial charge in [-0.15, -0.1) is 0 Å². The minimum Gasteiger partial charge on any atom is -0.508 e. The van der Waals surface area contributed by atoms with Crippen molar-refractivity contribution in [3.05, 3.63) is 53.6 Å². The number of ether oxygens (including phenoxy) is 2. The van der Waals surface area contributed by atoms with Crippen LogP contribution in [0.1, 0.15) is 11.1 Å². The molecule has 0 saturated carbocycles. The molecule has 2 aromatic carbocycles. The standard InChI is InChI=1S/C17H18O4/c1-12-7-8-15(19)13(9-12)10-14(18)11-21-17-6-4-3-5-16(17)20-2/h3-9,19H,10-11H2,1-2H3. The molecule has 4 heteroatoms. The number of rotatable bonds is 6. The molecule has 110 valence electrons. The molecule has 2 aromatic rings. The topological polar surface area (TPSA) is 55.8 Å². The minimum atomic E-state index is -0.109. The van der Waals surface area contributed by atoms with E-state index in [0.717, 1.165) is 5.56 Å². The molecule has 21 heavy (non-hydrogen) atoms. The van der Waals surface area contributed by atoms with Gasteiger partial charge < -0.3 is 14.6 Å². The van der Waals surface area contributed by atoms with Crippen molar-refractivity contribution in [2.45, 2.75) is 13.3 Å². The zero-order valence-electron chi connectivity index (χ0n) is 12.1. The molecule has 0 bridgehead atoms. The first-order valence-electron chi connectivity index (χ1n) is 6.66. The normalized spacial score (nSPS) is 10.2. The third-order valence-electron chi connectivity index (χ3n) is 3.08. The number of carbonyl (C=O) groups excluding carboxylic acids is 1. The predicted octanol–water partition coefficient (Wildman–Crippen LogP) is 2.90. The number of hydrogen-bond acceptors (Lipinski definition) is 4. The highest BCUT2D eigenvalue weighted by Crippen LogP contribution is 2.26. The average Bonchev–Trinajstić information content (AvgIpc) is 2.49. The number of para-hydroxylation sites is 2. The van der Waals surface area contributed by atoms with Gasteiger partial charge in [-0.25, -0.2) is 0 Å². The second-order valence-corrected chi connectivity index (χ2v) is 4.79. The van der Waals surface area contributed by atoms with Crippen molar-refractivity contribution in [2.75, 3.05) is 13.7 Å². The van der Waals surface area contributed by atoms with Crippen LogP contribution in [0.25, 0.3) is 0 Å². The van der Waals surface area contributed by atoms with Gasteiger partial charge in [0.05, 0.1) is 7.11 Å². The van der Waals surface area contributed by atoms with Gasteiger partial charge >= 0.3 is 0 Å². The summed E-state index contributed by atoms with van der Waals surface area (Å²) in [5.74, 6) is 1.14. The summed E-state index contributed by atoms with van der Waals surface area (Å²) in [5.41, 5.74) is 1.62. The van der Waals surface area contributed by atoms with E-state index in [4.69, 9.17) is 9.47 Å². The van der Waals surface area contributed by atoms with E-state index < -0.39 is 0 Å². The molecular weight excluding hydrogens is 268 g/mol. The summed E-state index contributed by atoms with van der Waals surface area (Å²) in [6, 6.07) is 12.4. The van der Waals surface area contributed by atoms with Gasteiger partial charge in [-0.3, -0.25) is 4.79 Å². The van der Waals surface area contributed by atoms with Crippen LogP contribution in [0.4, 0.5) is 0 Å². The smallest absolute Gasteiger partial charge is 0.174 e. The van der Waals surface area contributed by atoms with Crippen LogP contribution >= 0.6 is 0 Å². The maximum atomic E-state index is 12.0. The van der Waals surface area contributed by atoms with Crippen LogP contribution < -0.4 is 9.47 Å². The van der Waals surface area contributed by atoms with E-state index in [9.17, 15) is 9.90 Å². The third-order valence-corrected chi connectivity index (χ3v) is 3.08. The molecule has 0 aromatic heterocycles. The molecule has 0 saturated heterocycles. The molecule has 0 heterocycles. The number of phenols is 1. The van der Waals surface area contributed by atoms with Gasteiger partial charge in [0, 0.05) is 12.0 Å². The summed E-state index contributed by atoms with van der Waals surface area (Å²) < 4.78 is 10.6. The van der Waals surface area contributed by atoms with E-state index in [1.165, 1.54) is 0 Å². The van der Waals surface area contributed by atoms with Crippen molar-refractivity contribution >= 4 is 5.78 Å². The number of hydrogen-bond donors (Lipinski definition) is 1. The Morgan fingerprint density at radius 1 is 1.14 bits per heavy atom. The highest BCUT2D eigenvalue weighted by atomic mass is 16.5. The highest BCUT2D eigenvalue weighted by molar-refractivity contribution is 5.83. The molecule has 0 atom stereocenters. The Morgan fingerprint density at radius 2 is 1.86 bits per heavy atom. The van der Waals surface area contributed by atoms with Crippen molar-refractivity contribution < 1.29 is 19.4 Å². The Bertz CT molecular complexity index is 634. The van der Waals surface area contributed by atoms with Crippen molar-refractivity contribution in [3.63, 3.8) is 0 Å². The van der Waals surface area contributed by atoms with Crippen molar-refractivity contribution in [1.29, 1.82) is 0 Å². The molecule has 0 radical (unpaired) electrons. The summed E-state index contributed by atoms with van der Waals surface area (Å²) in [6.45, 7) is 1.85. The molecule has 1 N–H and O–H groups in total. The second kappa shape index (κ2) is 6.79. The van der Waals surface area contributed by atoms with Gasteiger partial charge in [-0.05, 0) is 25.1 Å². The van der Waals surface area contributed by atoms with E-state index >= 15 is 0 Å². The number of aryl methyl sites for hydroxylation is 1. The number of phenolic OH excluding ortho intramolecular Hbond substituents is 1. The van der Waals surface area contributed by atoms with Crippen molar-refractivity contribution in [3.8, 4) is 17.2 Å². The zero-order chi connectivity index (χ0) is 15.2. The molecule has 4 nitrogen and oxygen atoms in total. The number of aromatic hydroxyl groups is 1. The number of ketones is 1. The number of methoxy groups -OCH3 is 1. The van der Waals surface area contributed by atoms with Crippen LogP contribution in [-0.4, -0.2) is 24.6 Å². The van der Waals surface area contributed by atoms with Crippen LogP contribution in [-0.2, 0) is 11.2 Å². The van der Waals surface area contributed by atoms with Gasteiger partial charge in [-0.2, -0.15) is 0 Å². The largest absolute Gasteiger partial charge is 0.508 e. The lowest BCUT2D eigenvalue weighted by Crippen LogP contribution is -2.14. The Labute approximate surface area is 123 Å². The molecule has 0 spiro atoms. The highest BCUT2D eigenvalue weighted by Gasteiger charge is 2.10. The van der Waals surface area contributed by atoms with Crippen LogP contribution in [0.15, 0.2) is 42.5 Å². The average molecular weight is 286 g/mol. The fourth-order valence-corrected chi connectivity index (χ4v) is 2.02. The molecule has 0 aliphatic carbocycles. The summed E-state index contributed by atoms with van der Waals surface area (Å²) in [4.78, 5) is 12.0. The Hall–Kier alpha value is -2.49. The summed E-state index contributed by atoms with van der Waals surface area (Å²) in [7, 11) is 1.55. The lowest BCUT2D eigenvalue weighted by Gasteiger charge is -2.10. The van der Waals surface area contributed by atoms with Gasteiger partial charge in [0.2, 0.25) is 0 Å². The van der Waals surface area contributed by atoms with E-state index in [-0.39, 0.29) is 24.6 Å². The van der Waals surface area contributed by atoms with Gasteiger partial charge in [0.15, 0.2) is 17.3 Å². The molecule has 0 unspecified atom stereocenters. The van der Waals surface area contributed by atoms with E-state index in [1.807, 2.05) is 19.1 Å². The Balaban J connectivity index is 1.97. The molecule has 0 fully saturated rings. The molecule has 0 aliphatic heterocycles. The SMILES string of the molecule is COc1ccccc1OCC(=O)Cc1cc(C)ccc1O. The number of benzene rings is 2. The number of carbonyl (C=O) groups is 1. The Morgan fingerprint density at radius 3 is 2.57 bits per heavy atom. The van der Waals surface area contributed by atoms with Crippen LogP contribution in [0.5, 0.6) is 17.2 Å². The summed E-state index contributed by atoms with van der Waals surface area (Å²) in [5, 5.41) is 9.74. The van der Waals surface area contributed by atoms with Crippen LogP contribution in [0.2, 0.25) is 0 Å². The summed E-state index contributed by atoms with van der Waals surface area (Å²) >= 11 is 0. The first-order chi connectivity index (χ1) is 10.1. The minimum absolute atomic E-state index is 0.0618. The van der Waals surface area contributed by atoms with E-state index in [1.54, 1.807) is 37.4 Å². The van der Waals surface area contributed by atoms with Gasteiger partial charge in [0.1, 0.15) is 12.4 Å². The fourth-order valence-electron chi connectivity index (χ4n) is 2.02. The van der Waals surface area contributed by atoms with Crippen molar-refractivity contribution in [1.82, 2.24) is 0 Å². The fraction of sp³-hybridized carbons (Fsp3) is 0.235. The second-order valence-electron chi connectivity index (χ2n) is 4.79. The van der Waals surface area contributed by atoms with Gasteiger partial charge in [-0.1, -0.05) is 29.8 Å². The predicted molar refractivity (Wildman–Crippen MR) is 80.0 cm³/mol. The van der Waals surface area contributed by atoms with Crippen molar-refractivity contribution in [2.24, 2.45) is 0 Å². The quantitative estimate of drug-likeness (QED) is 0.887. The first kappa shape index (κ1) is 14.9. The van der Waals surface area contributed by atoms with Crippen LogP contribution in [0.3, 0.4) is 0 Å². The molecule has 0 aliphatic rings. The summed E-state index contributed by atoms with van der Waals surface area (Å²) in [6.07, 6.45) is 0.142. The maximum absolute atomic E-state index is 12.0. The first-order valence-corrected chi connectivity index (χ1v) is 6.66. The molecular formula is C17H18O4. The van der Waals surface area contributed by atoms with Crippen LogP contribution in [0, 0.1) is 6.92 Å². The molecule has 0 amide bonds. The monoisotopic (exact) mass is 286 g/mol. The maximum Gasteiger partial charge on any atom is 0.174 e. The number of Topliss-reactive ketones (excluding diaryl/α,β-unsaturated/α-hetero) is 1. The zero-order valence-corrected chi connectivity index (χ0v) is 12.1. The van der Waals surface area contributed by atoms with E-state index in [0.29, 0.717) is 17.1 Å². The van der Waals surface area contributed by atoms with E-state index in [2.05, 4.69) is 0 Å².